The molecule has 2 aliphatic heterocycles. The fraction of sp³-hybridized carbons (Fsp3) is 0.370. The average molecular weight is 521 g/mol. The topological polar surface area (TPSA) is 110 Å². The molecule has 5 rings (SSSR count). The van der Waals surface area contributed by atoms with Gasteiger partial charge in [-0.3, -0.25) is 14.7 Å². The van der Waals surface area contributed by atoms with Gasteiger partial charge in [-0.1, -0.05) is 6.07 Å². The normalized spacial score (nSPS) is 17.0. The smallest absolute Gasteiger partial charge is 0.407 e. The Hall–Kier alpha value is -4.28. The Morgan fingerprint density at radius 1 is 1.16 bits per heavy atom. The van der Waals surface area contributed by atoms with Gasteiger partial charge in [0, 0.05) is 36.6 Å². The van der Waals surface area contributed by atoms with Crippen molar-refractivity contribution in [2.75, 3.05) is 30.0 Å². The molecule has 0 spiro atoms. The number of nitrogens with one attached hydrogen (secondary N) is 1. The highest BCUT2D eigenvalue weighted by atomic mass is 19.1. The quantitative estimate of drug-likeness (QED) is 0.539. The summed E-state index contributed by atoms with van der Waals surface area (Å²) in [4.78, 5) is 42.5. The fourth-order valence-corrected chi connectivity index (χ4v) is 4.71. The Balaban J connectivity index is 1.36. The molecule has 198 valence electrons. The van der Waals surface area contributed by atoms with Crippen molar-refractivity contribution < 1.29 is 23.5 Å². The van der Waals surface area contributed by atoms with Crippen LogP contribution >= 0.6 is 0 Å². The minimum Gasteiger partial charge on any atom is -0.496 e. The lowest BCUT2D eigenvalue weighted by molar-refractivity contribution is 0.0508. The third kappa shape index (κ3) is 4.96. The van der Waals surface area contributed by atoms with E-state index in [-0.39, 0.29) is 24.1 Å². The van der Waals surface area contributed by atoms with Gasteiger partial charge in [-0.05, 0) is 51.5 Å². The number of amides is 2. The lowest BCUT2D eigenvalue weighted by Gasteiger charge is -2.22. The molecule has 0 bridgehead atoms. The maximum Gasteiger partial charge on any atom is 0.407 e. The third-order valence-corrected chi connectivity index (χ3v) is 6.38. The Kier molecular flexibility index (Phi) is 6.60. The van der Waals surface area contributed by atoms with E-state index < -0.39 is 17.5 Å². The van der Waals surface area contributed by atoms with Crippen LogP contribution in [0.5, 0.6) is 5.75 Å². The maximum atomic E-state index is 14.8. The van der Waals surface area contributed by atoms with Gasteiger partial charge in [-0.2, -0.15) is 4.98 Å². The monoisotopic (exact) mass is 520 g/mol. The predicted molar refractivity (Wildman–Crippen MR) is 139 cm³/mol. The molecule has 38 heavy (non-hydrogen) atoms. The van der Waals surface area contributed by atoms with Gasteiger partial charge in [0.05, 0.1) is 31.0 Å². The Bertz CT molecular complexity index is 1390. The Morgan fingerprint density at radius 2 is 1.95 bits per heavy atom. The second kappa shape index (κ2) is 9.88. The van der Waals surface area contributed by atoms with Crippen molar-refractivity contribution in [3.8, 4) is 17.0 Å². The van der Waals surface area contributed by atoms with Crippen molar-refractivity contribution in [2.24, 2.45) is 0 Å². The molecule has 0 aliphatic carbocycles. The van der Waals surface area contributed by atoms with Crippen LogP contribution in [0.1, 0.15) is 43.1 Å². The zero-order chi connectivity index (χ0) is 27.0. The summed E-state index contributed by atoms with van der Waals surface area (Å²) in [6.07, 6.45) is 3.34. The molecule has 1 fully saturated rings. The first kappa shape index (κ1) is 25.4. The van der Waals surface area contributed by atoms with Crippen LogP contribution in [-0.2, 0) is 11.3 Å². The SMILES string of the molecule is COc1cccc(F)c1-c1nccc2c1CN(c1ccnc(N3CC[C@H](NC(=O)OC(C)(C)C)C3)n1)C2=O. The number of pyridine rings is 1. The molecular formula is C27H29FN6O4. The first-order valence-electron chi connectivity index (χ1n) is 12.3. The minimum atomic E-state index is -0.577. The molecule has 10 nitrogen and oxygen atoms in total. The molecular weight excluding hydrogens is 491 g/mol. The number of fused-ring (bicyclic) bond motifs is 1. The van der Waals surface area contributed by atoms with Gasteiger partial charge in [-0.15, -0.1) is 0 Å². The van der Waals surface area contributed by atoms with Crippen molar-refractivity contribution in [2.45, 2.75) is 45.4 Å². The van der Waals surface area contributed by atoms with E-state index in [1.54, 1.807) is 30.5 Å². The number of anilines is 2. The highest BCUT2D eigenvalue weighted by Gasteiger charge is 2.34. The van der Waals surface area contributed by atoms with Crippen LogP contribution in [0.3, 0.4) is 0 Å². The van der Waals surface area contributed by atoms with Crippen molar-refractivity contribution >= 4 is 23.8 Å². The number of halogens is 1. The molecule has 2 aromatic heterocycles. The predicted octanol–water partition coefficient (Wildman–Crippen LogP) is 3.95. The van der Waals surface area contributed by atoms with E-state index in [1.165, 1.54) is 24.3 Å². The number of carbonyl (C=O) groups is 2. The summed E-state index contributed by atoms with van der Waals surface area (Å²) in [5, 5.41) is 2.89. The van der Waals surface area contributed by atoms with E-state index in [0.29, 0.717) is 53.8 Å². The number of benzene rings is 1. The van der Waals surface area contributed by atoms with E-state index in [4.69, 9.17) is 9.47 Å². The first-order valence-corrected chi connectivity index (χ1v) is 12.3. The summed E-state index contributed by atoms with van der Waals surface area (Å²) in [7, 11) is 1.47. The first-order chi connectivity index (χ1) is 18.1. The Labute approximate surface area is 219 Å². The number of nitrogens with zero attached hydrogens (tertiary/aromatic N) is 5. The molecule has 0 saturated carbocycles. The highest BCUT2D eigenvalue weighted by Crippen LogP contribution is 2.38. The van der Waals surface area contributed by atoms with Crippen LogP contribution in [0, 0.1) is 5.82 Å². The minimum absolute atomic E-state index is 0.112. The van der Waals surface area contributed by atoms with Gasteiger partial charge in [0.25, 0.3) is 5.91 Å². The highest BCUT2D eigenvalue weighted by molar-refractivity contribution is 6.10. The molecule has 1 atom stereocenters. The standard InChI is InChI=1S/C27H29FN6O4/c1-27(2,3)38-26(36)31-16-10-13-33(14-16)25-30-12-9-21(32-25)34-15-18-17(24(34)35)8-11-29-23(18)22-19(28)6-5-7-20(22)37-4/h5-9,11-12,16H,10,13-15H2,1-4H3,(H,31,36)/t16-/m0/s1. The maximum absolute atomic E-state index is 14.8. The second-order valence-electron chi connectivity index (χ2n) is 10.2. The third-order valence-electron chi connectivity index (χ3n) is 6.38. The van der Waals surface area contributed by atoms with E-state index in [2.05, 4.69) is 20.3 Å². The number of ether oxygens (including phenoxy) is 2. The van der Waals surface area contributed by atoms with Gasteiger partial charge < -0.3 is 19.7 Å². The van der Waals surface area contributed by atoms with Crippen LogP contribution < -0.4 is 19.9 Å². The number of methoxy groups -OCH3 is 1. The van der Waals surface area contributed by atoms with Crippen LogP contribution in [0.25, 0.3) is 11.3 Å². The molecule has 2 aliphatic rings. The molecule has 1 saturated heterocycles. The zero-order valence-electron chi connectivity index (χ0n) is 21.7. The number of rotatable bonds is 5. The van der Waals surface area contributed by atoms with Crippen molar-refractivity contribution in [3.05, 3.63) is 59.7 Å². The van der Waals surface area contributed by atoms with Gasteiger partial charge in [-0.25, -0.2) is 14.2 Å². The van der Waals surface area contributed by atoms with Gasteiger partial charge in [0.1, 0.15) is 23.0 Å². The lowest BCUT2D eigenvalue weighted by atomic mass is 10.0. The number of alkyl carbamates (subject to hydrolysis) is 1. The largest absolute Gasteiger partial charge is 0.496 e. The summed E-state index contributed by atoms with van der Waals surface area (Å²) < 4.78 is 25.6. The van der Waals surface area contributed by atoms with Crippen LogP contribution in [0.2, 0.25) is 0 Å². The summed E-state index contributed by atoms with van der Waals surface area (Å²) >= 11 is 0. The molecule has 0 unspecified atom stereocenters. The van der Waals surface area contributed by atoms with E-state index >= 15 is 0 Å². The Morgan fingerprint density at radius 3 is 2.71 bits per heavy atom. The van der Waals surface area contributed by atoms with E-state index in [1.807, 2.05) is 25.7 Å². The molecule has 0 radical (unpaired) electrons. The summed E-state index contributed by atoms with van der Waals surface area (Å²) in [5.74, 6) is 0.475. The molecule has 2 amide bonds. The van der Waals surface area contributed by atoms with E-state index in [0.717, 1.165) is 0 Å². The zero-order valence-corrected chi connectivity index (χ0v) is 21.7. The summed E-state index contributed by atoms with van der Waals surface area (Å²) in [6.45, 7) is 6.77. The second-order valence-corrected chi connectivity index (χ2v) is 10.2. The van der Waals surface area contributed by atoms with Gasteiger partial charge in [0.15, 0.2) is 0 Å². The van der Waals surface area contributed by atoms with E-state index in [9.17, 15) is 14.0 Å². The van der Waals surface area contributed by atoms with Crippen molar-refractivity contribution in [3.63, 3.8) is 0 Å². The lowest BCUT2D eigenvalue weighted by Crippen LogP contribution is -2.40. The summed E-state index contributed by atoms with van der Waals surface area (Å²) in [5.41, 5.74) is 1.03. The molecule has 4 heterocycles. The van der Waals surface area contributed by atoms with Gasteiger partial charge >= 0.3 is 6.09 Å². The number of hydrogen-bond acceptors (Lipinski definition) is 8. The van der Waals surface area contributed by atoms with Gasteiger partial charge in [0.2, 0.25) is 5.95 Å². The number of carbonyl (C=O) groups excluding carboxylic acids is 2. The molecule has 3 aromatic rings. The molecule has 1 N–H and O–H groups in total. The summed E-state index contributed by atoms with van der Waals surface area (Å²) in [6, 6.07) is 7.74. The fourth-order valence-electron chi connectivity index (χ4n) is 4.71. The molecule has 1 aromatic carbocycles. The van der Waals surface area contributed by atoms with Crippen LogP contribution in [0.4, 0.5) is 21.0 Å². The van der Waals surface area contributed by atoms with Crippen molar-refractivity contribution in [1.82, 2.24) is 20.3 Å². The van der Waals surface area contributed by atoms with Crippen LogP contribution in [0.15, 0.2) is 42.7 Å². The van der Waals surface area contributed by atoms with Crippen molar-refractivity contribution in [1.29, 1.82) is 0 Å². The van der Waals surface area contributed by atoms with Crippen LogP contribution in [-0.4, -0.2) is 58.8 Å². The molecule has 11 heteroatoms. The number of hydrogen-bond donors (Lipinski definition) is 1. The number of aromatic nitrogens is 3. The average Bonchev–Trinajstić information content (AvgIpc) is 3.47.